The molecule has 0 bridgehead atoms. The lowest BCUT2D eigenvalue weighted by Crippen LogP contribution is -2.04. The van der Waals surface area contributed by atoms with Crippen LogP contribution in [0.25, 0.3) is 0 Å². The topological polar surface area (TPSA) is 43.4 Å². The summed E-state index contributed by atoms with van der Waals surface area (Å²) in [5, 5.41) is 0. The molecule has 1 atom stereocenters. The van der Waals surface area contributed by atoms with Crippen molar-refractivity contribution in [2.75, 3.05) is 12.9 Å². The molecule has 2 aromatic carbocycles. The number of benzene rings is 2. The Hall–Kier alpha value is -1.94. The van der Waals surface area contributed by atoms with Crippen molar-refractivity contribution in [1.29, 1.82) is 0 Å². The quantitative estimate of drug-likeness (QED) is 0.736. The molecule has 110 valence electrons. The summed E-state index contributed by atoms with van der Waals surface area (Å²) < 4.78 is 17.3. The number of ether oxygens (including phenoxy) is 1. The van der Waals surface area contributed by atoms with Crippen LogP contribution in [0.2, 0.25) is 0 Å². The molecule has 0 spiro atoms. The average molecular weight is 302 g/mol. The summed E-state index contributed by atoms with van der Waals surface area (Å²) >= 11 is 0. The molecule has 0 saturated heterocycles. The van der Waals surface area contributed by atoms with Crippen molar-refractivity contribution >= 4 is 16.6 Å². The van der Waals surface area contributed by atoms with E-state index in [1.54, 1.807) is 25.3 Å². The van der Waals surface area contributed by atoms with Gasteiger partial charge in [-0.1, -0.05) is 36.4 Å². The van der Waals surface area contributed by atoms with Gasteiger partial charge < -0.3 is 4.74 Å². The van der Waals surface area contributed by atoms with Gasteiger partial charge in [-0.15, -0.1) is 0 Å². The third-order valence-corrected chi connectivity index (χ3v) is 4.57. The number of ketones is 1. The summed E-state index contributed by atoms with van der Waals surface area (Å²) in [5.74, 6) is 1.27. The molecule has 4 heteroatoms. The van der Waals surface area contributed by atoms with Gasteiger partial charge in [-0.25, -0.2) is 0 Å². The zero-order valence-electron chi connectivity index (χ0n) is 12.0. The fourth-order valence-electron chi connectivity index (χ4n) is 1.99. The maximum absolute atomic E-state index is 12.2. The Balaban J connectivity index is 1.85. The van der Waals surface area contributed by atoms with Gasteiger partial charge in [-0.2, -0.15) is 0 Å². The fraction of sp³-hybridized carbons (Fsp3) is 0.235. The van der Waals surface area contributed by atoms with Crippen molar-refractivity contribution in [3.8, 4) is 5.75 Å². The molecule has 0 heterocycles. The van der Waals surface area contributed by atoms with Crippen LogP contribution in [0.5, 0.6) is 5.75 Å². The van der Waals surface area contributed by atoms with Crippen LogP contribution in [0.1, 0.15) is 23.2 Å². The molecule has 0 fully saturated rings. The Kier molecular flexibility index (Phi) is 5.69. The van der Waals surface area contributed by atoms with Crippen LogP contribution < -0.4 is 4.74 Å². The van der Waals surface area contributed by atoms with Crippen molar-refractivity contribution in [2.45, 2.75) is 17.7 Å². The second-order valence-corrected chi connectivity index (χ2v) is 6.19. The molecule has 0 aliphatic heterocycles. The van der Waals surface area contributed by atoms with Crippen molar-refractivity contribution in [2.24, 2.45) is 0 Å². The van der Waals surface area contributed by atoms with Gasteiger partial charge in [0.2, 0.25) is 0 Å². The van der Waals surface area contributed by atoms with Gasteiger partial charge in [0.15, 0.2) is 5.78 Å². The van der Waals surface area contributed by atoms with E-state index >= 15 is 0 Å². The Bertz CT molecular complexity index is 623. The highest BCUT2D eigenvalue weighted by Gasteiger charge is 2.08. The Morgan fingerprint density at radius 1 is 1.10 bits per heavy atom. The van der Waals surface area contributed by atoms with E-state index in [4.69, 9.17) is 4.74 Å². The maximum atomic E-state index is 12.2. The molecule has 2 rings (SSSR count). The second-order valence-electron chi connectivity index (χ2n) is 4.62. The highest BCUT2D eigenvalue weighted by Crippen LogP contribution is 2.16. The summed E-state index contributed by atoms with van der Waals surface area (Å²) in [7, 11) is 0.484. The van der Waals surface area contributed by atoms with E-state index in [2.05, 4.69) is 0 Å². The van der Waals surface area contributed by atoms with E-state index in [1.165, 1.54) is 0 Å². The van der Waals surface area contributed by atoms with E-state index < -0.39 is 10.8 Å². The number of rotatable bonds is 7. The predicted molar refractivity (Wildman–Crippen MR) is 84.3 cm³/mol. The number of Topliss-reactive ketones (excluding diaryl/α,β-unsaturated/α-hetero) is 1. The lowest BCUT2D eigenvalue weighted by Gasteiger charge is -2.05. The highest BCUT2D eigenvalue weighted by atomic mass is 32.2. The number of hydrogen-bond acceptors (Lipinski definition) is 3. The SMILES string of the molecule is COc1cccc(S(=O)CCCC(=O)c2ccccc2)c1. The molecule has 0 saturated carbocycles. The van der Waals surface area contributed by atoms with Gasteiger partial charge in [0, 0.05) is 22.6 Å². The molecule has 0 aliphatic carbocycles. The number of carbonyl (C=O) groups is 1. The van der Waals surface area contributed by atoms with Gasteiger partial charge in [-0.3, -0.25) is 9.00 Å². The minimum atomic E-state index is -1.10. The summed E-state index contributed by atoms with van der Waals surface area (Å²) in [6.07, 6.45) is 1.03. The summed E-state index contributed by atoms with van der Waals surface area (Å²) in [6, 6.07) is 16.4. The molecule has 1 unspecified atom stereocenters. The standard InChI is InChI=1S/C17H18O3S/c1-20-15-9-5-10-16(13-15)21(19)12-6-11-17(18)14-7-3-2-4-8-14/h2-5,7-10,13H,6,11-12H2,1H3. The van der Waals surface area contributed by atoms with E-state index in [-0.39, 0.29) is 5.78 Å². The van der Waals surface area contributed by atoms with Crippen LogP contribution in [-0.4, -0.2) is 22.9 Å². The first kappa shape index (κ1) is 15.4. The molecule has 0 N–H and O–H groups in total. The van der Waals surface area contributed by atoms with Crippen LogP contribution in [0.15, 0.2) is 59.5 Å². The molecular weight excluding hydrogens is 284 g/mol. The third-order valence-electron chi connectivity index (χ3n) is 3.13. The Morgan fingerprint density at radius 3 is 2.57 bits per heavy atom. The molecule has 2 aromatic rings. The zero-order chi connectivity index (χ0) is 15.1. The lowest BCUT2D eigenvalue weighted by molar-refractivity contribution is 0.0982. The van der Waals surface area contributed by atoms with Crippen LogP contribution >= 0.6 is 0 Å². The van der Waals surface area contributed by atoms with Gasteiger partial charge in [0.25, 0.3) is 0 Å². The predicted octanol–water partition coefficient (Wildman–Crippen LogP) is 3.47. The largest absolute Gasteiger partial charge is 0.497 e. The minimum Gasteiger partial charge on any atom is -0.497 e. The van der Waals surface area contributed by atoms with Crippen LogP contribution in [-0.2, 0) is 10.8 Å². The number of carbonyl (C=O) groups excluding carboxylic acids is 1. The fourth-order valence-corrected chi connectivity index (χ4v) is 3.11. The maximum Gasteiger partial charge on any atom is 0.162 e. The van der Waals surface area contributed by atoms with Crippen molar-refractivity contribution in [1.82, 2.24) is 0 Å². The van der Waals surface area contributed by atoms with E-state index in [1.807, 2.05) is 36.4 Å². The molecule has 21 heavy (non-hydrogen) atoms. The van der Waals surface area contributed by atoms with Gasteiger partial charge in [0.1, 0.15) is 5.75 Å². The van der Waals surface area contributed by atoms with Crippen LogP contribution in [0.4, 0.5) is 0 Å². The van der Waals surface area contributed by atoms with Crippen LogP contribution in [0.3, 0.4) is 0 Å². The minimum absolute atomic E-state index is 0.0956. The molecular formula is C17H18O3S. The molecule has 0 radical (unpaired) electrons. The Morgan fingerprint density at radius 2 is 1.86 bits per heavy atom. The normalized spacial score (nSPS) is 11.9. The van der Waals surface area contributed by atoms with Gasteiger partial charge in [-0.05, 0) is 24.6 Å². The molecule has 3 nitrogen and oxygen atoms in total. The molecule has 0 amide bonds. The Labute approximate surface area is 127 Å². The molecule has 0 aromatic heterocycles. The number of methoxy groups -OCH3 is 1. The van der Waals surface area contributed by atoms with Crippen LogP contribution in [0, 0.1) is 0 Å². The smallest absolute Gasteiger partial charge is 0.162 e. The third kappa shape index (κ3) is 4.53. The summed E-state index contributed by atoms with van der Waals surface area (Å²) in [4.78, 5) is 12.7. The summed E-state index contributed by atoms with van der Waals surface area (Å²) in [5.41, 5.74) is 0.713. The highest BCUT2D eigenvalue weighted by molar-refractivity contribution is 7.85. The monoisotopic (exact) mass is 302 g/mol. The van der Waals surface area contributed by atoms with Gasteiger partial charge >= 0.3 is 0 Å². The van der Waals surface area contributed by atoms with Crippen molar-refractivity contribution in [3.63, 3.8) is 0 Å². The zero-order valence-corrected chi connectivity index (χ0v) is 12.8. The second kappa shape index (κ2) is 7.74. The van der Waals surface area contributed by atoms with Crippen molar-refractivity contribution < 1.29 is 13.7 Å². The van der Waals surface area contributed by atoms with E-state index in [0.29, 0.717) is 29.9 Å². The molecule has 0 aliphatic rings. The first-order valence-corrected chi connectivity index (χ1v) is 8.13. The number of hydrogen-bond donors (Lipinski definition) is 0. The van der Waals surface area contributed by atoms with E-state index in [0.717, 1.165) is 4.90 Å². The van der Waals surface area contributed by atoms with Crippen molar-refractivity contribution in [3.05, 3.63) is 60.2 Å². The lowest BCUT2D eigenvalue weighted by atomic mass is 10.1. The summed E-state index contributed by atoms with van der Waals surface area (Å²) in [6.45, 7) is 0. The van der Waals surface area contributed by atoms with Gasteiger partial charge in [0.05, 0.1) is 17.9 Å². The average Bonchev–Trinajstić information content (AvgIpc) is 2.55. The van der Waals surface area contributed by atoms with E-state index in [9.17, 15) is 9.00 Å². The first-order valence-electron chi connectivity index (χ1n) is 6.81. The first-order chi connectivity index (χ1) is 10.2.